The maximum absolute atomic E-state index is 13.2. The number of anilines is 1. The Kier molecular flexibility index (Phi) is 7.84. The number of piperidine rings is 1. The van der Waals surface area contributed by atoms with Crippen LogP contribution < -0.4 is 15.8 Å². The first-order valence-electron chi connectivity index (χ1n) is 13.9. The van der Waals surface area contributed by atoms with Gasteiger partial charge >= 0.3 is 6.16 Å². The summed E-state index contributed by atoms with van der Waals surface area (Å²) in [7, 11) is 0. The Hall–Kier alpha value is -4.93. The monoisotopic (exact) mass is 570 g/mol. The predicted molar refractivity (Wildman–Crippen MR) is 160 cm³/mol. The molecule has 0 atom stereocenters. The lowest BCUT2D eigenvalue weighted by Gasteiger charge is -2.32. The molecule has 11 heteroatoms. The van der Waals surface area contributed by atoms with E-state index in [0.717, 1.165) is 22.2 Å². The summed E-state index contributed by atoms with van der Waals surface area (Å²) in [5.41, 5.74) is 8.26. The Morgan fingerprint density at radius 3 is 2.45 bits per heavy atom. The SMILES string of the molecule is CC(=N)N1CCC(C(=O)Nc2cc(OC(=O)O)c3nc(C(C)C)n(Cc4ccc5ccc(C(N)=O)cc5c4)c3c2)CC1. The number of nitrogens with zero attached hydrogens (tertiary/aromatic N) is 3. The average molecular weight is 571 g/mol. The molecule has 1 saturated heterocycles. The van der Waals surface area contributed by atoms with Crippen molar-refractivity contribution in [3.8, 4) is 5.75 Å². The number of rotatable bonds is 7. The van der Waals surface area contributed by atoms with Gasteiger partial charge in [-0.2, -0.15) is 0 Å². The van der Waals surface area contributed by atoms with E-state index in [4.69, 9.17) is 20.9 Å². The summed E-state index contributed by atoms with van der Waals surface area (Å²) in [6.45, 7) is 7.42. The number of amidine groups is 1. The second-order valence-corrected chi connectivity index (χ2v) is 11.0. The van der Waals surface area contributed by atoms with Crippen molar-refractivity contribution < 1.29 is 24.2 Å². The third-order valence-corrected chi connectivity index (χ3v) is 7.70. The van der Waals surface area contributed by atoms with Crippen LogP contribution in [0.2, 0.25) is 0 Å². The van der Waals surface area contributed by atoms with Gasteiger partial charge in [-0.1, -0.05) is 32.0 Å². The van der Waals surface area contributed by atoms with Gasteiger partial charge in [0.2, 0.25) is 11.8 Å². The van der Waals surface area contributed by atoms with E-state index < -0.39 is 12.1 Å². The predicted octanol–water partition coefficient (Wildman–Crippen LogP) is 5.16. The molecule has 0 spiro atoms. The fourth-order valence-electron chi connectivity index (χ4n) is 5.51. The number of carbonyl (C=O) groups excluding carboxylic acids is 2. The second-order valence-electron chi connectivity index (χ2n) is 11.0. The number of primary amides is 1. The maximum Gasteiger partial charge on any atom is 0.511 e. The number of hydrogen-bond donors (Lipinski definition) is 4. The highest BCUT2D eigenvalue weighted by molar-refractivity contribution is 5.98. The van der Waals surface area contributed by atoms with Crippen LogP contribution in [0, 0.1) is 11.3 Å². The topological polar surface area (TPSA) is 164 Å². The standard InChI is InChI=1S/C31H34N6O5/c1-17(2)29-35-27-25(37(29)16-19-4-5-20-6-7-22(28(33)38)13-23(20)12-19)14-24(15-26(27)42-31(40)41)34-30(39)21-8-10-36(11-9-21)18(3)32/h4-7,12-15,17,21,32H,8-11,16H2,1-3H3,(H2,33,38)(H,34,39)(H,40,41). The number of carboxylic acid groups (broad SMARTS) is 1. The first-order chi connectivity index (χ1) is 20.0. The molecule has 11 nitrogen and oxygen atoms in total. The fraction of sp³-hybridized carbons (Fsp3) is 0.323. The normalized spacial score (nSPS) is 14.0. The van der Waals surface area contributed by atoms with E-state index >= 15 is 0 Å². The molecule has 5 rings (SSSR count). The molecule has 42 heavy (non-hydrogen) atoms. The first kappa shape index (κ1) is 28.6. The number of benzene rings is 3. The number of amides is 2. The highest BCUT2D eigenvalue weighted by atomic mass is 16.7. The lowest BCUT2D eigenvalue weighted by molar-refractivity contribution is -0.121. The maximum atomic E-state index is 13.2. The fourth-order valence-corrected chi connectivity index (χ4v) is 5.51. The van der Waals surface area contributed by atoms with Crippen molar-refractivity contribution in [3.63, 3.8) is 0 Å². The second kappa shape index (κ2) is 11.5. The van der Waals surface area contributed by atoms with E-state index in [-0.39, 0.29) is 23.5 Å². The van der Waals surface area contributed by atoms with Crippen LogP contribution in [0.5, 0.6) is 5.75 Å². The molecule has 2 heterocycles. The smallest absolute Gasteiger partial charge is 0.449 e. The lowest BCUT2D eigenvalue weighted by atomic mass is 9.95. The van der Waals surface area contributed by atoms with Crippen LogP contribution >= 0.6 is 0 Å². The highest BCUT2D eigenvalue weighted by Gasteiger charge is 2.26. The van der Waals surface area contributed by atoms with Crippen LogP contribution in [0.3, 0.4) is 0 Å². The number of hydrogen-bond acceptors (Lipinski definition) is 6. The van der Waals surface area contributed by atoms with Crippen molar-refractivity contribution in [2.24, 2.45) is 11.7 Å². The lowest BCUT2D eigenvalue weighted by Crippen LogP contribution is -2.40. The van der Waals surface area contributed by atoms with Gasteiger partial charge in [-0.25, -0.2) is 9.78 Å². The largest absolute Gasteiger partial charge is 0.511 e. The molecule has 1 fully saturated rings. The molecular weight excluding hydrogens is 536 g/mol. The zero-order valence-electron chi connectivity index (χ0n) is 23.8. The zero-order valence-corrected chi connectivity index (χ0v) is 23.8. The number of aromatic nitrogens is 2. The molecule has 1 aliphatic heterocycles. The minimum Gasteiger partial charge on any atom is -0.449 e. The van der Waals surface area contributed by atoms with Gasteiger partial charge in [-0.15, -0.1) is 0 Å². The molecule has 4 aromatic rings. The number of nitrogens with two attached hydrogens (primary N) is 1. The number of imidazole rings is 1. The zero-order chi connectivity index (χ0) is 30.1. The molecule has 3 aromatic carbocycles. The molecule has 0 unspecified atom stereocenters. The molecule has 1 aliphatic rings. The summed E-state index contributed by atoms with van der Waals surface area (Å²) < 4.78 is 7.14. The summed E-state index contributed by atoms with van der Waals surface area (Å²) in [5.74, 6) is 0.369. The third kappa shape index (κ3) is 5.90. The molecular formula is C31H34N6O5. The van der Waals surface area contributed by atoms with Gasteiger partial charge < -0.3 is 30.4 Å². The Balaban J connectivity index is 1.53. The highest BCUT2D eigenvalue weighted by Crippen LogP contribution is 2.34. The van der Waals surface area contributed by atoms with Crippen LogP contribution in [-0.4, -0.2) is 56.5 Å². The summed E-state index contributed by atoms with van der Waals surface area (Å²) in [5, 5.41) is 22.1. The van der Waals surface area contributed by atoms with Crippen LogP contribution in [0.25, 0.3) is 21.8 Å². The first-order valence-corrected chi connectivity index (χ1v) is 13.9. The van der Waals surface area contributed by atoms with Crippen molar-refractivity contribution in [1.29, 1.82) is 5.41 Å². The molecule has 5 N–H and O–H groups in total. The minimum atomic E-state index is -1.48. The summed E-state index contributed by atoms with van der Waals surface area (Å²) in [4.78, 5) is 43.2. The van der Waals surface area contributed by atoms with E-state index in [1.54, 1.807) is 25.1 Å². The number of carbonyl (C=O) groups is 3. The van der Waals surface area contributed by atoms with Crippen LogP contribution in [0.4, 0.5) is 10.5 Å². The summed E-state index contributed by atoms with van der Waals surface area (Å²) in [6.07, 6.45) is -0.232. The molecule has 0 bridgehead atoms. The number of likely N-dealkylation sites (tertiary alicyclic amines) is 1. The minimum absolute atomic E-state index is 0.00230. The van der Waals surface area contributed by atoms with Crippen molar-refractivity contribution in [2.75, 3.05) is 18.4 Å². The summed E-state index contributed by atoms with van der Waals surface area (Å²) >= 11 is 0. The molecule has 0 radical (unpaired) electrons. The van der Waals surface area contributed by atoms with Gasteiger partial charge in [0.25, 0.3) is 0 Å². The number of nitrogens with one attached hydrogen (secondary N) is 2. The van der Waals surface area contributed by atoms with Gasteiger partial charge in [0, 0.05) is 48.8 Å². The van der Waals surface area contributed by atoms with Gasteiger partial charge in [0.05, 0.1) is 11.4 Å². The van der Waals surface area contributed by atoms with E-state index in [2.05, 4.69) is 5.32 Å². The summed E-state index contributed by atoms with van der Waals surface area (Å²) in [6, 6.07) is 14.5. The van der Waals surface area contributed by atoms with Gasteiger partial charge in [0.15, 0.2) is 5.75 Å². The van der Waals surface area contributed by atoms with Gasteiger partial charge in [0.1, 0.15) is 11.3 Å². The number of fused-ring (bicyclic) bond motifs is 2. The van der Waals surface area contributed by atoms with Crippen LogP contribution in [0.1, 0.15) is 61.3 Å². The molecule has 2 amide bonds. The average Bonchev–Trinajstić information content (AvgIpc) is 3.31. The van der Waals surface area contributed by atoms with E-state index in [1.165, 1.54) is 6.07 Å². The van der Waals surface area contributed by atoms with Gasteiger partial charge in [-0.3, -0.25) is 15.0 Å². The van der Waals surface area contributed by atoms with Crippen molar-refractivity contribution in [2.45, 2.75) is 46.1 Å². The van der Waals surface area contributed by atoms with Crippen molar-refractivity contribution in [3.05, 3.63) is 65.5 Å². The number of ether oxygens (including phenoxy) is 1. The molecule has 218 valence electrons. The Morgan fingerprint density at radius 2 is 1.81 bits per heavy atom. The van der Waals surface area contributed by atoms with Crippen LogP contribution in [0.15, 0.2) is 48.5 Å². The molecule has 0 saturated carbocycles. The quantitative estimate of drug-likeness (QED) is 0.103. The van der Waals surface area contributed by atoms with E-state index in [9.17, 15) is 19.5 Å². The van der Waals surface area contributed by atoms with Crippen LogP contribution in [-0.2, 0) is 11.3 Å². The Morgan fingerprint density at radius 1 is 1.10 bits per heavy atom. The Bertz CT molecular complexity index is 1720. The molecule has 0 aliphatic carbocycles. The van der Waals surface area contributed by atoms with E-state index in [1.807, 2.05) is 47.6 Å². The Labute approximate surface area is 242 Å². The van der Waals surface area contributed by atoms with Crippen molar-refractivity contribution in [1.82, 2.24) is 14.5 Å². The van der Waals surface area contributed by atoms with E-state index in [0.29, 0.717) is 60.6 Å². The molecule has 1 aromatic heterocycles. The third-order valence-electron chi connectivity index (χ3n) is 7.70. The van der Waals surface area contributed by atoms with Crippen molar-refractivity contribution >= 4 is 51.3 Å². The van der Waals surface area contributed by atoms with Gasteiger partial charge in [-0.05, 0) is 60.4 Å².